The molecular formula is C12H22N2O2S2. The minimum absolute atomic E-state index is 0.0290. The van der Waals surface area contributed by atoms with Gasteiger partial charge < -0.3 is 5.73 Å². The normalized spacial score (nSPS) is 14.4. The van der Waals surface area contributed by atoms with Crippen LogP contribution < -0.4 is 5.73 Å². The number of nitrogens with two attached hydrogens (primary N) is 1. The number of aryl methyl sites for hydroxylation is 1. The first-order chi connectivity index (χ1) is 8.21. The SMILES string of the molecule is Cc1cc(S(=O)(=O)N(C)C(C)C(C)C)sc1CN. The molecule has 0 amide bonds. The highest BCUT2D eigenvalue weighted by atomic mass is 32.2. The Morgan fingerprint density at radius 2 is 1.94 bits per heavy atom. The highest BCUT2D eigenvalue weighted by Gasteiger charge is 2.28. The third-order valence-corrected chi connectivity index (χ3v) is 7.01. The van der Waals surface area contributed by atoms with E-state index in [9.17, 15) is 8.42 Å². The summed E-state index contributed by atoms with van der Waals surface area (Å²) >= 11 is 1.27. The monoisotopic (exact) mass is 290 g/mol. The lowest BCUT2D eigenvalue weighted by Crippen LogP contribution is -2.37. The maximum atomic E-state index is 12.5. The number of thiophene rings is 1. The molecule has 1 aromatic heterocycles. The van der Waals surface area contributed by atoms with Crippen LogP contribution in [0.15, 0.2) is 10.3 Å². The van der Waals surface area contributed by atoms with Gasteiger partial charge in [0.15, 0.2) is 0 Å². The van der Waals surface area contributed by atoms with Crippen LogP contribution in [0, 0.1) is 12.8 Å². The maximum absolute atomic E-state index is 12.5. The van der Waals surface area contributed by atoms with Gasteiger partial charge in [-0.25, -0.2) is 8.42 Å². The van der Waals surface area contributed by atoms with Crippen LogP contribution in [0.3, 0.4) is 0 Å². The summed E-state index contributed by atoms with van der Waals surface area (Å²) in [6.45, 7) is 8.23. The second kappa shape index (κ2) is 5.69. The van der Waals surface area contributed by atoms with Gasteiger partial charge in [0.25, 0.3) is 10.0 Å². The Morgan fingerprint density at radius 1 is 1.39 bits per heavy atom. The molecule has 1 unspecified atom stereocenters. The van der Waals surface area contributed by atoms with Gasteiger partial charge in [-0.15, -0.1) is 11.3 Å². The summed E-state index contributed by atoms with van der Waals surface area (Å²) in [7, 11) is -1.76. The molecule has 0 saturated carbocycles. The molecule has 4 nitrogen and oxygen atoms in total. The molecule has 2 N–H and O–H groups in total. The molecule has 0 bridgehead atoms. The average Bonchev–Trinajstić information content (AvgIpc) is 2.68. The molecule has 0 saturated heterocycles. The maximum Gasteiger partial charge on any atom is 0.252 e. The fourth-order valence-corrected chi connectivity index (χ4v) is 4.75. The zero-order chi connectivity index (χ0) is 14.1. The Labute approximate surface area is 114 Å². The number of rotatable bonds is 5. The molecular weight excluding hydrogens is 268 g/mol. The largest absolute Gasteiger partial charge is 0.326 e. The second-order valence-corrected chi connectivity index (χ2v) is 8.24. The predicted octanol–water partition coefficient (Wildman–Crippen LogP) is 2.18. The van der Waals surface area contributed by atoms with Crippen molar-refractivity contribution in [2.24, 2.45) is 11.7 Å². The summed E-state index contributed by atoms with van der Waals surface area (Å²) < 4.78 is 26.7. The summed E-state index contributed by atoms with van der Waals surface area (Å²) in [5.41, 5.74) is 6.54. The predicted molar refractivity (Wildman–Crippen MR) is 76.2 cm³/mol. The van der Waals surface area contributed by atoms with Crippen LogP contribution in [-0.4, -0.2) is 25.8 Å². The molecule has 0 radical (unpaired) electrons. The summed E-state index contributed by atoms with van der Waals surface area (Å²) in [6.07, 6.45) is 0. The van der Waals surface area contributed by atoms with E-state index in [2.05, 4.69) is 0 Å². The van der Waals surface area contributed by atoms with Crippen molar-refractivity contribution in [2.45, 2.75) is 44.5 Å². The van der Waals surface area contributed by atoms with Gasteiger partial charge in [-0.05, 0) is 31.4 Å². The molecule has 0 spiro atoms. The fourth-order valence-electron chi connectivity index (χ4n) is 1.60. The van der Waals surface area contributed by atoms with Gasteiger partial charge in [-0.3, -0.25) is 0 Å². The van der Waals surface area contributed by atoms with E-state index < -0.39 is 10.0 Å². The molecule has 104 valence electrons. The third-order valence-electron chi connectivity index (χ3n) is 3.36. The van der Waals surface area contributed by atoms with E-state index in [0.717, 1.165) is 10.4 Å². The zero-order valence-corrected chi connectivity index (χ0v) is 13.2. The fraction of sp³-hybridized carbons (Fsp3) is 0.667. The molecule has 0 aliphatic carbocycles. The van der Waals surface area contributed by atoms with Gasteiger partial charge in [-0.1, -0.05) is 13.8 Å². The van der Waals surface area contributed by atoms with Gasteiger partial charge >= 0.3 is 0 Å². The van der Waals surface area contributed by atoms with Crippen LogP contribution in [0.25, 0.3) is 0 Å². The number of sulfonamides is 1. The van der Waals surface area contributed by atoms with Crippen molar-refractivity contribution < 1.29 is 8.42 Å². The van der Waals surface area contributed by atoms with Gasteiger partial charge in [0.2, 0.25) is 0 Å². The van der Waals surface area contributed by atoms with E-state index in [-0.39, 0.29) is 12.0 Å². The average molecular weight is 290 g/mol. The van der Waals surface area contributed by atoms with Crippen LogP contribution in [-0.2, 0) is 16.6 Å². The number of hydrogen-bond acceptors (Lipinski definition) is 4. The van der Waals surface area contributed by atoms with Crippen molar-refractivity contribution in [3.8, 4) is 0 Å². The molecule has 0 fully saturated rings. The topological polar surface area (TPSA) is 63.4 Å². The molecule has 0 aliphatic heterocycles. The van der Waals surface area contributed by atoms with Crippen LogP contribution in [0.5, 0.6) is 0 Å². The Kier molecular flexibility index (Phi) is 4.94. The van der Waals surface area contributed by atoms with E-state index in [1.165, 1.54) is 15.6 Å². The van der Waals surface area contributed by atoms with E-state index in [1.807, 2.05) is 27.7 Å². The Bertz CT molecular complexity index is 506. The van der Waals surface area contributed by atoms with Gasteiger partial charge in [0, 0.05) is 24.5 Å². The Morgan fingerprint density at radius 3 is 2.33 bits per heavy atom. The first-order valence-corrected chi connectivity index (χ1v) is 8.24. The third kappa shape index (κ3) is 2.93. The summed E-state index contributed by atoms with van der Waals surface area (Å²) in [5.74, 6) is 0.278. The van der Waals surface area contributed by atoms with E-state index in [0.29, 0.717) is 10.8 Å². The molecule has 1 aromatic rings. The Balaban J connectivity index is 3.13. The second-order valence-electron chi connectivity index (χ2n) is 4.88. The molecule has 1 heterocycles. The molecule has 0 aromatic carbocycles. The first kappa shape index (κ1) is 15.6. The number of hydrogen-bond donors (Lipinski definition) is 1. The highest BCUT2D eigenvalue weighted by molar-refractivity contribution is 7.91. The van der Waals surface area contributed by atoms with Crippen molar-refractivity contribution >= 4 is 21.4 Å². The van der Waals surface area contributed by atoms with Crippen molar-refractivity contribution in [1.82, 2.24) is 4.31 Å². The van der Waals surface area contributed by atoms with Crippen LogP contribution in [0.2, 0.25) is 0 Å². The van der Waals surface area contributed by atoms with Gasteiger partial charge in [0.05, 0.1) is 0 Å². The zero-order valence-electron chi connectivity index (χ0n) is 11.6. The lowest BCUT2D eigenvalue weighted by atomic mass is 10.1. The first-order valence-electron chi connectivity index (χ1n) is 5.99. The van der Waals surface area contributed by atoms with E-state index in [1.54, 1.807) is 13.1 Å². The van der Waals surface area contributed by atoms with Crippen LogP contribution in [0.4, 0.5) is 0 Å². The molecule has 1 atom stereocenters. The smallest absolute Gasteiger partial charge is 0.252 e. The van der Waals surface area contributed by atoms with Gasteiger partial charge in [0.1, 0.15) is 4.21 Å². The molecule has 1 rings (SSSR count). The molecule has 18 heavy (non-hydrogen) atoms. The lowest BCUT2D eigenvalue weighted by molar-refractivity contribution is 0.316. The van der Waals surface area contributed by atoms with Crippen LogP contribution >= 0.6 is 11.3 Å². The molecule has 0 aliphatic rings. The minimum Gasteiger partial charge on any atom is -0.326 e. The quantitative estimate of drug-likeness (QED) is 0.904. The highest BCUT2D eigenvalue weighted by Crippen LogP contribution is 2.29. The van der Waals surface area contributed by atoms with Crippen molar-refractivity contribution in [1.29, 1.82) is 0 Å². The van der Waals surface area contributed by atoms with Gasteiger partial charge in [-0.2, -0.15) is 4.31 Å². The van der Waals surface area contributed by atoms with E-state index in [4.69, 9.17) is 5.73 Å². The minimum atomic E-state index is -3.40. The summed E-state index contributed by atoms with van der Waals surface area (Å²) in [6, 6.07) is 1.69. The molecule has 6 heteroatoms. The summed E-state index contributed by atoms with van der Waals surface area (Å²) in [4.78, 5) is 0.930. The van der Waals surface area contributed by atoms with Crippen LogP contribution in [0.1, 0.15) is 31.2 Å². The Hall–Kier alpha value is -0.430. The standard InChI is InChI=1S/C12H22N2O2S2/c1-8(2)10(4)14(5)18(15,16)12-6-9(3)11(7-13)17-12/h6,8,10H,7,13H2,1-5H3. The lowest BCUT2D eigenvalue weighted by Gasteiger charge is -2.26. The number of nitrogens with zero attached hydrogens (tertiary/aromatic N) is 1. The van der Waals surface area contributed by atoms with Crippen molar-refractivity contribution in [3.63, 3.8) is 0 Å². The van der Waals surface area contributed by atoms with Crippen molar-refractivity contribution in [3.05, 3.63) is 16.5 Å². The van der Waals surface area contributed by atoms with E-state index >= 15 is 0 Å². The van der Waals surface area contributed by atoms with Crippen molar-refractivity contribution in [2.75, 3.05) is 7.05 Å². The summed E-state index contributed by atoms with van der Waals surface area (Å²) in [5, 5.41) is 0.